The highest BCUT2D eigenvalue weighted by molar-refractivity contribution is 6.29. The molecule has 0 amide bonds. The van der Waals surface area contributed by atoms with Gasteiger partial charge in [0.05, 0.1) is 0 Å². The van der Waals surface area contributed by atoms with Crippen LogP contribution in [-0.4, -0.2) is 22.8 Å². The molecule has 1 aromatic heterocycles. The number of hydrogen-bond acceptors (Lipinski definition) is 4. The van der Waals surface area contributed by atoms with E-state index < -0.39 is 0 Å². The Hall–Kier alpha value is -0.870. The number of nitrogens with two attached hydrogens (primary N) is 1. The summed E-state index contributed by atoms with van der Waals surface area (Å²) in [6.07, 6.45) is 0. The molecule has 1 heterocycles. The summed E-state index contributed by atoms with van der Waals surface area (Å²) in [4.78, 5) is 0. The first-order valence-electron chi connectivity index (χ1n) is 4.58. The molecule has 1 aromatic rings. The number of rotatable bonds is 4. The molecule has 0 spiro atoms. The maximum Gasteiger partial charge on any atom is 0.151 e. The van der Waals surface area contributed by atoms with Gasteiger partial charge in [-0.25, -0.2) is 0 Å². The Balaban J connectivity index is 2.42. The average Bonchev–Trinajstić information content (AvgIpc) is 2.16. The highest BCUT2D eigenvalue weighted by Crippen LogP contribution is 2.06. The lowest BCUT2D eigenvalue weighted by Crippen LogP contribution is -2.34. The van der Waals surface area contributed by atoms with Gasteiger partial charge in [0.15, 0.2) is 5.15 Å². The first-order chi connectivity index (χ1) is 6.59. The molecule has 0 aliphatic carbocycles. The molecule has 0 fully saturated rings. The second-order valence-corrected chi connectivity index (χ2v) is 3.92. The third-order valence-corrected chi connectivity index (χ3v) is 2.21. The summed E-state index contributed by atoms with van der Waals surface area (Å²) in [5.74, 6) is 1.15. The van der Waals surface area contributed by atoms with Crippen molar-refractivity contribution in [2.24, 2.45) is 11.7 Å². The van der Waals surface area contributed by atoms with Gasteiger partial charge in [0.1, 0.15) is 5.82 Å². The van der Waals surface area contributed by atoms with E-state index in [0.717, 1.165) is 0 Å². The second kappa shape index (κ2) is 5.12. The van der Waals surface area contributed by atoms with E-state index in [0.29, 0.717) is 23.4 Å². The van der Waals surface area contributed by atoms with Gasteiger partial charge in [-0.15, -0.1) is 10.2 Å². The zero-order chi connectivity index (χ0) is 10.6. The number of hydrogen-bond donors (Lipinski definition) is 2. The summed E-state index contributed by atoms with van der Waals surface area (Å²) in [5.41, 5.74) is 5.86. The van der Waals surface area contributed by atoms with E-state index in [2.05, 4.69) is 29.4 Å². The van der Waals surface area contributed by atoms with Gasteiger partial charge in [-0.1, -0.05) is 25.4 Å². The molecule has 4 nitrogen and oxygen atoms in total. The third-order valence-electron chi connectivity index (χ3n) is 2.01. The number of halogens is 1. The summed E-state index contributed by atoms with van der Waals surface area (Å²) in [7, 11) is 0. The van der Waals surface area contributed by atoms with Crippen molar-refractivity contribution >= 4 is 17.4 Å². The molecular formula is C9H15ClN4. The first-order valence-corrected chi connectivity index (χ1v) is 4.96. The van der Waals surface area contributed by atoms with Crippen LogP contribution in [-0.2, 0) is 0 Å². The maximum absolute atomic E-state index is 5.86. The van der Waals surface area contributed by atoms with Gasteiger partial charge >= 0.3 is 0 Å². The van der Waals surface area contributed by atoms with Crippen LogP contribution in [0.25, 0.3) is 0 Å². The SMILES string of the molecule is CC(C)C(N)CNc1ccc(Cl)nn1. The van der Waals surface area contributed by atoms with Crippen molar-refractivity contribution in [3.8, 4) is 0 Å². The molecule has 0 aromatic carbocycles. The maximum atomic E-state index is 5.86. The molecule has 5 heteroatoms. The van der Waals surface area contributed by atoms with Crippen LogP contribution in [0.5, 0.6) is 0 Å². The number of nitrogens with one attached hydrogen (secondary N) is 1. The number of nitrogens with zero attached hydrogens (tertiary/aromatic N) is 2. The molecule has 1 rings (SSSR count). The largest absolute Gasteiger partial charge is 0.367 e. The van der Waals surface area contributed by atoms with E-state index in [1.54, 1.807) is 12.1 Å². The van der Waals surface area contributed by atoms with Gasteiger partial charge in [-0.3, -0.25) is 0 Å². The normalized spacial score (nSPS) is 12.9. The summed E-state index contributed by atoms with van der Waals surface area (Å²) >= 11 is 5.60. The fourth-order valence-corrected chi connectivity index (χ4v) is 0.969. The molecule has 1 atom stereocenters. The number of aromatic nitrogens is 2. The van der Waals surface area contributed by atoms with Crippen LogP contribution in [0.3, 0.4) is 0 Å². The molecule has 3 N–H and O–H groups in total. The lowest BCUT2D eigenvalue weighted by molar-refractivity contribution is 0.511. The lowest BCUT2D eigenvalue weighted by Gasteiger charge is -2.15. The molecule has 0 saturated carbocycles. The average molecular weight is 215 g/mol. The molecule has 14 heavy (non-hydrogen) atoms. The van der Waals surface area contributed by atoms with Crippen LogP contribution in [0, 0.1) is 5.92 Å². The predicted octanol–water partition coefficient (Wildman–Crippen LogP) is 1.53. The summed E-state index contributed by atoms with van der Waals surface area (Å²) < 4.78 is 0. The summed E-state index contributed by atoms with van der Waals surface area (Å²) in [6.45, 7) is 4.85. The predicted molar refractivity (Wildman–Crippen MR) is 58.3 cm³/mol. The first kappa shape index (κ1) is 11.2. The standard InChI is InChI=1S/C9H15ClN4/c1-6(2)7(11)5-12-9-4-3-8(10)13-14-9/h3-4,6-7H,5,11H2,1-2H3,(H,12,14). The Bertz CT molecular complexity index is 273. The molecule has 78 valence electrons. The smallest absolute Gasteiger partial charge is 0.151 e. The van der Waals surface area contributed by atoms with E-state index in [1.165, 1.54) is 0 Å². The Morgan fingerprint density at radius 3 is 2.64 bits per heavy atom. The molecule has 0 aliphatic rings. The minimum Gasteiger partial charge on any atom is -0.367 e. The zero-order valence-corrected chi connectivity index (χ0v) is 9.12. The fourth-order valence-electron chi connectivity index (χ4n) is 0.868. The quantitative estimate of drug-likeness (QED) is 0.798. The highest BCUT2D eigenvalue weighted by Gasteiger charge is 2.06. The van der Waals surface area contributed by atoms with Gasteiger partial charge in [-0.2, -0.15) is 0 Å². The van der Waals surface area contributed by atoms with Crippen LogP contribution in [0.15, 0.2) is 12.1 Å². The number of anilines is 1. The Kier molecular flexibility index (Phi) is 4.10. The van der Waals surface area contributed by atoms with Crippen molar-refractivity contribution in [3.63, 3.8) is 0 Å². The van der Waals surface area contributed by atoms with Crippen LogP contribution in [0.1, 0.15) is 13.8 Å². The molecular weight excluding hydrogens is 200 g/mol. The molecule has 0 bridgehead atoms. The lowest BCUT2D eigenvalue weighted by atomic mass is 10.1. The topological polar surface area (TPSA) is 63.8 Å². The molecule has 0 aliphatic heterocycles. The van der Waals surface area contributed by atoms with Crippen molar-refractivity contribution < 1.29 is 0 Å². The van der Waals surface area contributed by atoms with Crippen LogP contribution < -0.4 is 11.1 Å². The zero-order valence-electron chi connectivity index (χ0n) is 8.37. The van der Waals surface area contributed by atoms with Crippen molar-refractivity contribution in [1.82, 2.24) is 10.2 Å². The monoisotopic (exact) mass is 214 g/mol. The van der Waals surface area contributed by atoms with Crippen molar-refractivity contribution in [3.05, 3.63) is 17.3 Å². The van der Waals surface area contributed by atoms with Crippen molar-refractivity contribution in [2.75, 3.05) is 11.9 Å². The molecule has 1 unspecified atom stereocenters. The van der Waals surface area contributed by atoms with Gasteiger partial charge in [0, 0.05) is 12.6 Å². The van der Waals surface area contributed by atoms with E-state index in [1.807, 2.05) is 0 Å². The van der Waals surface area contributed by atoms with Crippen LogP contribution in [0.4, 0.5) is 5.82 Å². The second-order valence-electron chi connectivity index (χ2n) is 3.53. The van der Waals surface area contributed by atoms with E-state index in [-0.39, 0.29) is 6.04 Å². The molecule has 0 radical (unpaired) electrons. The van der Waals surface area contributed by atoms with Crippen LogP contribution in [0.2, 0.25) is 5.15 Å². The Labute approximate surface area is 88.9 Å². The van der Waals surface area contributed by atoms with Crippen LogP contribution >= 0.6 is 11.6 Å². The summed E-state index contributed by atoms with van der Waals surface area (Å²) in [6, 6.07) is 3.59. The third kappa shape index (κ3) is 3.47. The van der Waals surface area contributed by atoms with Crippen molar-refractivity contribution in [2.45, 2.75) is 19.9 Å². The van der Waals surface area contributed by atoms with Gasteiger partial charge < -0.3 is 11.1 Å². The molecule has 0 saturated heterocycles. The van der Waals surface area contributed by atoms with E-state index >= 15 is 0 Å². The highest BCUT2D eigenvalue weighted by atomic mass is 35.5. The van der Waals surface area contributed by atoms with Gasteiger partial charge in [-0.05, 0) is 18.1 Å². The van der Waals surface area contributed by atoms with Gasteiger partial charge in [0.25, 0.3) is 0 Å². The van der Waals surface area contributed by atoms with E-state index in [4.69, 9.17) is 17.3 Å². The summed E-state index contributed by atoms with van der Waals surface area (Å²) in [5, 5.41) is 11.1. The Morgan fingerprint density at radius 1 is 1.43 bits per heavy atom. The van der Waals surface area contributed by atoms with Crippen molar-refractivity contribution in [1.29, 1.82) is 0 Å². The minimum absolute atomic E-state index is 0.118. The fraction of sp³-hybridized carbons (Fsp3) is 0.556. The van der Waals surface area contributed by atoms with Gasteiger partial charge in [0.2, 0.25) is 0 Å². The van der Waals surface area contributed by atoms with E-state index in [9.17, 15) is 0 Å². The Morgan fingerprint density at radius 2 is 2.14 bits per heavy atom. The minimum atomic E-state index is 0.118.